The summed E-state index contributed by atoms with van der Waals surface area (Å²) in [6.07, 6.45) is -4.97. The highest BCUT2D eigenvalue weighted by atomic mass is 35.5. The van der Waals surface area contributed by atoms with Crippen LogP contribution in [0, 0.1) is 0 Å². The van der Waals surface area contributed by atoms with Crippen molar-refractivity contribution < 1.29 is 22.8 Å². The van der Waals surface area contributed by atoms with Gasteiger partial charge in [0.05, 0.1) is 10.7 Å². The van der Waals surface area contributed by atoms with E-state index >= 15 is 0 Å². The molecule has 1 aromatic heterocycles. The molecule has 0 radical (unpaired) electrons. The van der Waals surface area contributed by atoms with Gasteiger partial charge in [0.15, 0.2) is 0 Å². The Kier molecular flexibility index (Phi) is 6.35. The lowest BCUT2D eigenvalue weighted by molar-refractivity contribution is -0.167. The first-order chi connectivity index (χ1) is 14.1. The van der Waals surface area contributed by atoms with Crippen LogP contribution in [0.25, 0.3) is 10.1 Å². The van der Waals surface area contributed by atoms with Crippen LogP contribution in [0.2, 0.25) is 10.0 Å². The lowest BCUT2D eigenvalue weighted by Gasteiger charge is -2.08. The van der Waals surface area contributed by atoms with Crippen LogP contribution >= 0.6 is 34.5 Å². The van der Waals surface area contributed by atoms with Crippen molar-refractivity contribution in [1.29, 1.82) is 0 Å². The van der Waals surface area contributed by atoms with Gasteiger partial charge in [0.2, 0.25) is 0 Å². The average molecular weight is 474 g/mol. The zero-order valence-corrected chi connectivity index (χ0v) is 17.4. The number of hydrazone groups is 1. The number of hydrogen-bond acceptors (Lipinski definition) is 4. The van der Waals surface area contributed by atoms with Crippen molar-refractivity contribution in [3.05, 3.63) is 63.0 Å². The maximum absolute atomic E-state index is 12.4. The number of anilines is 1. The summed E-state index contributed by atoms with van der Waals surface area (Å²) in [6.45, 7) is 1.61. The van der Waals surface area contributed by atoms with Crippen molar-refractivity contribution in [3.8, 4) is 0 Å². The second-order valence-electron chi connectivity index (χ2n) is 6.05. The van der Waals surface area contributed by atoms with E-state index in [4.69, 9.17) is 23.2 Å². The summed E-state index contributed by atoms with van der Waals surface area (Å²) >= 11 is 13.4. The number of halogens is 5. The lowest BCUT2D eigenvalue weighted by atomic mass is 10.1. The number of fused-ring (bicyclic) bond motifs is 1. The van der Waals surface area contributed by atoms with E-state index in [0.29, 0.717) is 26.7 Å². The average Bonchev–Trinajstić information content (AvgIpc) is 3.01. The molecule has 1 heterocycles. The topological polar surface area (TPSA) is 70.6 Å². The smallest absolute Gasteiger partial charge is 0.318 e. The van der Waals surface area contributed by atoms with E-state index in [2.05, 4.69) is 10.5 Å². The van der Waals surface area contributed by atoms with Crippen LogP contribution in [0.15, 0.2) is 47.6 Å². The van der Waals surface area contributed by atoms with Gasteiger partial charge in [-0.05, 0) is 36.8 Å². The van der Waals surface area contributed by atoms with Crippen LogP contribution in [-0.2, 0) is 4.79 Å². The summed E-state index contributed by atoms with van der Waals surface area (Å²) in [5.41, 5.74) is 3.32. The molecule has 0 atom stereocenters. The Bertz CT molecular complexity index is 1160. The van der Waals surface area contributed by atoms with E-state index in [1.54, 1.807) is 30.4 Å². The van der Waals surface area contributed by atoms with Gasteiger partial charge >= 0.3 is 12.1 Å². The third-order valence-electron chi connectivity index (χ3n) is 3.94. The number of carbonyl (C=O) groups is 2. The van der Waals surface area contributed by atoms with Gasteiger partial charge < -0.3 is 5.32 Å². The van der Waals surface area contributed by atoms with Crippen molar-refractivity contribution in [2.45, 2.75) is 13.1 Å². The molecule has 0 saturated heterocycles. The molecule has 0 spiro atoms. The Morgan fingerprint density at radius 3 is 2.37 bits per heavy atom. The largest absolute Gasteiger partial charge is 0.471 e. The number of benzene rings is 2. The molecule has 0 bridgehead atoms. The monoisotopic (exact) mass is 473 g/mol. The Hall–Kier alpha value is -2.62. The molecule has 0 aliphatic carbocycles. The Morgan fingerprint density at radius 1 is 1.07 bits per heavy atom. The fraction of sp³-hybridized carbons (Fsp3) is 0.105. The fourth-order valence-corrected chi connectivity index (χ4v) is 4.11. The highest BCUT2D eigenvalue weighted by molar-refractivity contribution is 7.21. The molecule has 5 nitrogen and oxygen atoms in total. The summed E-state index contributed by atoms with van der Waals surface area (Å²) in [4.78, 5) is 23.7. The minimum Gasteiger partial charge on any atom is -0.318 e. The standard InChI is InChI=1S/C19H12Cl2F3N3O2S/c1-9(10-2-5-12(6-3-10)25-18(29)19(22,23)24)26-27-17(28)16-15(21)13-7-4-11(20)8-14(13)30-16/h2-8H,1H3,(H,25,29)(H,27,28)/b26-9+. The molecule has 0 aliphatic rings. The normalized spacial score (nSPS) is 12.1. The van der Waals surface area contributed by atoms with E-state index < -0.39 is 18.0 Å². The SMILES string of the molecule is C/C(=N\NC(=O)c1sc2cc(Cl)ccc2c1Cl)c1ccc(NC(=O)C(F)(F)F)cc1. The first kappa shape index (κ1) is 22.1. The zero-order valence-electron chi connectivity index (χ0n) is 15.1. The van der Waals surface area contributed by atoms with Crippen molar-refractivity contribution in [2.24, 2.45) is 5.10 Å². The molecular formula is C19H12Cl2F3N3O2S. The third-order valence-corrected chi connectivity index (χ3v) is 5.83. The highest BCUT2D eigenvalue weighted by Gasteiger charge is 2.38. The van der Waals surface area contributed by atoms with Gasteiger partial charge in [0.25, 0.3) is 5.91 Å². The number of alkyl halides is 3. The zero-order chi connectivity index (χ0) is 22.1. The maximum atomic E-state index is 12.4. The quantitative estimate of drug-likeness (QED) is 0.367. The summed E-state index contributed by atoms with van der Waals surface area (Å²) in [5, 5.41) is 7.27. The predicted molar refractivity (Wildman–Crippen MR) is 113 cm³/mol. The summed E-state index contributed by atoms with van der Waals surface area (Å²) in [6, 6.07) is 10.6. The molecule has 2 aromatic carbocycles. The van der Waals surface area contributed by atoms with Gasteiger partial charge in [-0.1, -0.05) is 41.4 Å². The summed E-state index contributed by atoms with van der Waals surface area (Å²) in [7, 11) is 0. The van der Waals surface area contributed by atoms with Gasteiger partial charge in [-0.25, -0.2) is 5.43 Å². The van der Waals surface area contributed by atoms with Crippen LogP contribution < -0.4 is 10.7 Å². The number of thiophene rings is 1. The van der Waals surface area contributed by atoms with E-state index in [1.165, 1.54) is 35.6 Å². The van der Waals surface area contributed by atoms with E-state index in [0.717, 1.165) is 4.70 Å². The minimum absolute atomic E-state index is 0.0198. The summed E-state index contributed by atoms with van der Waals surface area (Å²) in [5.74, 6) is -2.57. The Balaban J connectivity index is 1.71. The van der Waals surface area contributed by atoms with Crippen molar-refractivity contribution >= 4 is 67.8 Å². The first-order valence-electron chi connectivity index (χ1n) is 8.27. The van der Waals surface area contributed by atoms with Gasteiger partial charge in [-0.2, -0.15) is 18.3 Å². The van der Waals surface area contributed by atoms with Crippen molar-refractivity contribution in [1.82, 2.24) is 5.43 Å². The van der Waals surface area contributed by atoms with Crippen molar-refractivity contribution in [2.75, 3.05) is 5.32 Å². The fourth-order valence-electron chi connectivity index (χ4n) is 2.43. The van der Waals surface area contributed by atoms with Gasteiger partial charge in [-0.15, -0.1) is 11.3 Å². The second-order valence-corrected chi connectivity index (χ2v) is 7.92. The highest BCUT2D eigenvalue weighted by Crippen LogP contribution is 2.36. The molecule has 2 amide bonds. The van der Waals surface area contributed by atoms with E-state index in [1.807, 2.05) is 0 Å². The minimum atomic E-state index is -4.97. The number of hydrogen-bond donors (Lipinski definition) is 2. The number of nitrogens with one attached hydrogen (secondary N) is 2. The van der Waals surface area contributed by atoms with E-state index in [9.17, 15) is 22.8 Å². The second kappa shape index (κ2) is 8.63. The molecule has 3 rings (SSSR count). The third kappa shape index (κ3) is 4.92. The maximum Gasteiger partial charge on any atom is 0.471 e. The van der Waals surface area contributed by atoms with Crippen LogP contribution in [-0.4, -0.2) is 23.7 Å². The van der Waals surface area contributed by atoms with Crippen LogP contribution in [0.5, 0.6) is 0 Å². The molecule has 30 heavy (non-hydrogen) atoms. The van der Waals surface area contributed by atoms with Crippen LogP contribution in [0.3, 0.4) is 0 Å². The number of rotatable bonds is 4. The van der Waals surface area contributed by atoms with Gasteiger partial charge in [-0.3, -0.25) is 9.59 Å². The summed E-state index contributed by atoms with van der Waals surface area (Å²) < 4.78 is 37.6. The molecule has 0 aliphatic heterocycles. The van der Waals surface area contributed by atoms with E-state index in [-0.39, 0.29) is 10.6 Å². The lowest BCUT2D eigenvalue weighted by Crippen LogP contribution is -2.29. The molecule has 11 heteroatoms. The van der Waals surface area contributed by atoms with Gasteiger partial charge in [0, 0.05) is 20.8 Å². The first-order valence-corrected chi connectivity index (χ1v) is 9.84. The number of amides is 2. The molecule has 0 unspecified atom stereocenters. The van der Waals surface area contributed by atoms with Crippen LogP contribution in [0.1, 0.15) is 22.2 Å². The molecular weight excluding hydrogens is 462 g/mol. The molecule has 156 valence electrons. The molecule has 0 fully saturated rings. The van der Waals surface area contributed by atoms with Gasteiger partial charge in [0.1, 0.15) is 4.88 Å². The van der Waals surface area contributed by atoms with Crippen molar-refractivity contribution in [3.63, 3.8) is 0 Å². The number of nitrogens with zero attached hydrogens (tertiary/aromatic N) is 1. The number of carbonyl (C=O) groups excluding carboxylic acids is 2. The molecule has 2 N–H and O–H groups in total. The Labute approximate surface area is 182 Å². The Morgan fingerprint density at radius 2 is 1.73 bits per heavy atom. The van der Waals surface area contributed by atoms with Crippen LogP contribution in [0.4, 0.5) is 18.9 Å². The molecule has 0 saturated carbocycles. The molecule has 3 aromatic rings. The predicted octanol–water partition coefficient (Wildman–Crippen LogP) is 5.86.